The van der Waals surface area contributed by atoms with Crippen LogP contribution in [0.15, 0.2) is 24.3 Å². The zero-order valence-electron chi connectivity index (χ0n) is 12.6. The summed E-state index contributed by atoms with van der Waals surface area (Å²) < 4.78 is 11.6. The predicted molar refractivity (Wildman–Crippen MR) is 84.8 cm³/mol. The lowest BCUT2D eigenvalue weighted by atomic mass is 9.83. The fraction of sp³-hybridized carbons (Fsp3) is 0.647. The summed E-state index contributed by atoms with van der Waals surface area (Å²) >= 11 is 6.09. The molecule has 0 bridgehead atoms. The van der Waals surface area contributed by atoms with Gasteiger partial charge in [-0.1, -0.05) is 23.7 Å². The van der Waals surface area contributed by atoms with Gasteiger partial charge in [-0.2, -0.15) is 0 Å². The van der Waals surface area contributed by atoms with Crippen LogP contribution in [0.2, 0.25) is 5.02 Å². The molecule has 1 spiro atoms. The van der Waals surface area contributed by atoms with Crippen LogP contribution in [0, 0.1) is 0 Å². The lowest BCUT2D eigenvalue weighted by molar-refractivity contribution is -0.140. The standard InChI is InChI=1S/C17H24ClNO2/c1-13(14-3-2-4-15(18)11-14)19-16-5-8-21-17(12-16)6-9-20-10-7-17/h2-4,11,13,16,19H,5-10,12H2,1H3. The lowest BCUT2D eigenvalue weighted by Gasteiger charge is -2.44. The smallest absolute Gasteiger partial charge is 0.0741 e. The minimum absolute atomic E-state index is 0.0439. The van der Waals surface area contributed by atoms with Crippen molar-refractivity contribution in [2.75, 3.05) is 19.8 Å². The van der Waals surface area contributed by atoms with Gasteiger partial charge in [-0.15, -0.1) is 0 Å². The maximum atomic E-state index is 6.10. The van der Waals surface area contributed by atoms with Gasteiger partial charge in [0.1, 0.15) is 0 Å². The summed E-state index contributed by atoms with van der Waals surface area (Å²) in [6, 6.07) is 8.92. The molecule has 2 unspecified atom stereocenters. The molecular formula is C17H24ClNO2. The first-order valence-corrected chi connectivity index (χ1v) is 8.28. The van der Waals surface area contributed by atoms with E-state index in [9.17, 15) is 0 Å². The average molecular weight is 310 g/mol. The van der Waals surface area contributed by atoms with Crippen LogP contribution in [-0.4, -0.2) is 31.5 Å². The molecule has 2 aliphatic rings. The number of benzene rings is 1. The Balaban J connectivity index is 1.61. The zero-order chi connectivity index (χ0) is 14.7. The second-order valence-electron chi connectivity index (χ2n) is 6.28. The minimum Gasteiger partial charge on any atom is -0.381 e. The van der Waals surface area contributed by atoms with Crippen LogP contribution in [-0.2, 0) is 9.47 Å². The van der Waals surface area contributed by atoms with Crippen LogP contribution >= 0.6 is 11.6 Å². The maximum absolute atomic E-state index is 6.10. The Labute approximate surface area is 132 Å². The van der Waals surface area contributed by atoms with E-state index < -0.39 is 0 Å². The minimum atomic E-state index is 0.0439. The summed E-state index contributed by atoms with van der Waals surface area (Å²) in [6.45, 7) is 4.71. The summed E-state index contributed by atoms with van der Waals surface area (Å²) in [4.78, 5) is 0. The molecule has 0 saturated carbocycles. The molecule has 4 heteroatoms. The van der Waals surface area contributed by atoms with Crippen molar-refractivity contribution in [1.29, 1.82) is 0 Å². The molecule has 3 nitrogen and oxygen atoms in total. The van der Waals surface area contributed by atoms with Crippen molar-refractivity contribution >= 4 is 11.6 Å². The Morgan fingerprint density at radius 3 is 2.86 bits per heavy atom. The molecule has 1 N–H and O–H groups in total. The number of hydrogen-bond acceptors (Lipinski definition) is 3. The van der Waals surface area contributed by atoms with Crippen LogP contribution < -0.4 is 5.32 Å². The van der Waals surface area contributed by atoms with Crippen LogP contribution in [0.1, 0.15) is 44.2 Å². The molecule has 2 saturated heterocycles. The molecule has 1 aromatic rings. The van der Waals surface area contributed by atoms with E-state index in [-0.39, 0.29) is 5.60 Å². The molecule has 2 atom stereocenters. The topological polar surface area (TPSA) is 30.5 Å². The Kier molecular flexibility index (Phi) is 4.85. The van der Waals surface area contributed by atoms with Gasteiger partial charge in [-0.25, -0.2) is 0 Å². The van der Waals surface area contributed by atoms with E-state index in [2.05, 4.69) is 18.3 Å². The molecule has 0 aromatic heterocycles. The number of nitrogens with one attached hydrogen (secondary N) is 1. The van der Waals surface area contributed by atoms with E-state index in [0.717, 1.165) is 50.5 Å². The molecule has 21 heavy (non-hydrogen) atoms. The SMILES string of the molecule is CC(NC1CCOC2(CCOCC2)C1)c1cccc(Cl)c1. The van der Waals surface area contributed by atoms with Gasteiger partial charge in [0.2, 0.25) is 0 Å². The third-order valence-electron chi connectivity index (χ3n) is 4.73. The highest BCUT2D eigenvalue weighted by atomic mass is 35.5. The van der Waals surface area contributed by atoms with Gasteiger partial charge in [0.05, 0.1) is 5.60 Å². The number of halogens is 1. The predicted octanol–water partition coefficient (Wildman–Crippen LogP) is 3.72. The zero-order valence-corrected chi connectivity index (χ0v) is 13.4. The monoisotopic (exact) mass is 309 g/mol. The Morgan fingerprint density at radius 1 is 1.29 bits per heavy atom. The molecule has 0 aliphatic carbocycles. The van der Waals surface area contributed by atoms with Crippen molar-refractivity contribution in [1.82, 2.24) is 5.32 Å². The highest BCUT2D eigenvalue weighted by molar-refractivity contribution is 6.30. The van der Waals surface area contributed by atoms with Crippen LogP contribution in [0.3, 0.4) is 0 Å². The molecule has 0 radical (unpaired) electrons. The highest BCUT2D eigenvalue weighted by Crippen LogP contribution is 2.35. The number of ether oxygens (including phenoxy) is 2. The van der Waals surface area contributed by atoms with Crippen molar-refractivity contribution in [2.24, 2.45) is 0 Å². The van der Waals surface area contributed by atoms with Gasteiger partial charge in [0, 0.05) is 36.9 Å². The van der Waals surface area contributed by atoms with Gasteiger partial charge < -0.3 is 14.8 Å². The summed E-state index contributed by atoms with van der Waals surface area (Å²) in [6.07, 6.45) is 4.21. The molecule has 2 aliphatic heterocycles. The lowest BCUT2D eigenvalue weighted by Crippen LogP contribution is -2.50. The maximum Gasteiger partial charge on any atom is 0.0741 e. The third kappa shape index (κ3) is 3.78. The molecule has 3 rings (SSSR count). The number of hydrogen-bond donors (Lipinski definition) is 1. The molecule has 1 aromatic carbocycles. The first kappa shape index (κ1) is 15.3. The van der Waals surface area contributed by atoms with Crippen molar-refractivity contribution < 1.29 is 9.47 Å². The molecule has 116 valence electrons. The Morgan fingerprint density at radius 2 is 2.10 bits per heavy atom. The van der Waals surface area contributed by atoms with E-state index in [1.807, 2.05) is 18.2 Å². The largest absolute Gasteiger partial charge is 0.381 e. The van der Waals surface area contributed by atoms with Crippen molar-refractivity contribution in [3.63, 3.8) is 0 Å². The second kappa shape index (κ2) is 6.66. The van der Waals surface area contributed by atoms with E-state index >= 15 is 0 Å². The first-order valence-electron chi connectivity index (χ1n) is 7.90. The Hall–Kier alpha value is -0.610. The molecule has 0 amide bonds. The highest BCUT2D eigenvalue weighted by Gasteiger charge is 2.39. The van der Waals surface area contributed by atoms with Gasteiger partial charge in [-0.3, -0.25) is 0 Å². The van der Waals surface area contributed by atoms with E-state index in [4.69, 9.17) is 21.1 Å². The van der Waals surface area contributed by atoms with Crippen molar-refractivity contribution in [3.8, 4) is 0 Å². The van der Waals surface area contributed by atoms with Crippen LogP contribution in [0.25, 0.3) is 0 Å². The summed E-state index contributed by atoms with van der Waals surface area (Å²) in [7, 11) is 0. The van der Waals surface area contributed by atoms with Gasteiger partial charge >= 0.3 is 0 Å². The van der Waals surface area contributed by atoms with Crippen LogP contribution in [0.4, 0.5) is 0 Å². The molecule has 2 fully saturated rings. The van der Waals surface area contributed by atoms with Crippen molar-refractivity contribution in [3.05, 3.63) is 34.9 Å². The van der Waals surface area contributed by atoms with E-state index in [0.29, 0.717) is 12.1 Å². The fourth-order valence-corrected chi connectivity index (χ4v) is 3.69. The van der Waals surface area contributed by atoms with Crippen molar-refractivity contribution in [2.45, 2.75) is 50.3 Å². The summed E-state index contributed by atoms with van der Waals surface area (Å²) in [5.41, 5.74) is 1.29. The summed E-state index contributed by atoms with van der Waals surface area (Å²) in [5.74, 6) is 0. The summed E-state index contributed by atoms with van der Waals surface area (Å²) in [5, 5.41) is 4.55. The number of rotatable bonds is 3. The Bertz CT molecular complexity index is 468. The van der Waals surface area contributed by atoms with Gasteiger partial charge in [0.25, 0.3) is 0 Å². The average Bonchev–Trinajstić information content (AvgIpc) is 2.48. The fourth-order valence-electron chi connectivity index (χ4n) is 3.49. The van der Waals surface area contributed by atoms with Gasteiger partial charge in [-0.05, 0) is 50.3 Å². The van der Waals surface area contributed by atoms with Gasteiger partial charge in [0.15, 0.2) is 0 Å². The van der Waals surface area contributed by atoms with E-state index in [1.165, 1.54) is 5.56 Å². The second-order valence-corrected chi connectivity index (χ2v) is 6.71. The quantitative estimate of drug-likeness (QED) is 0.923. The molecule has 2 heterocycles. The van der Waals surface area contributed by atoms with Crippen LogP contribution in [0.5, 0.6) is 0 Å². The van der Waals surface area contributed by atoms with E-state index in [1.54, 1.807) is 0 Å². The first-order chi connectivity index (χ1) is 10.2. The third-order valence-corrected chi connectivity index (χ3v) is 4.97. The normalized spacial score (nSPS) is 26.7. The molecular weight excluding hydrogens is 286 g/mol.